The molecule has 0 bridgehead atoms. The molecule has 186 valence electrons. The van der Waals surface area contributed by atoms with Crippen LogP contribution < -0.4 is 10.6 Å². The predicted molar refractivity (Wildman–Crippen MR) is 138 cm³/mol. The molecular weight excluding hydrogens is 462 g/mol. The molecule has 1 aliphatic heterocycles. The van der Waals surface area contributed by atoms with Gasteiger partial charge in [-0.05, 0) is 76.9 Å². The molecule has 8 nitrogen and oxygen atoms in total. The summed E-state index contributed by atoms with van der Waals surface area (Å²) in [4.78, 5) is 12.9. The van der Waals surface area contributed by atoms with Crippen LogP contribution in [0.3, 0.4) is 0 Å². The van der Waals surface area contributed by atoms with Crippen molar-refractivity contribution in [1.82, 2.24) is 14.1 Å². The minimum Gasteiger partial charge on any atom is -0.376 e. The van der Waals surface area contributed by atoms with Crippen molar-refractivity contribution in [1.29, 1.82) is 0 Å². The number of aryl methyl sites for hydroxylation is 1. The van der Waals surface area contributed by atoms with Gasteiger partial charge in [-0.3, -0.25) is 4.79 Å². The molecule has 1 amide bonds. The SMILES string of the molecule is Cc1nn(-c2ccccc2)c(C)c1NC(=O)CNc1ccc(S(=O)(=O)N2C(C)CCCC2C)cc1. The molecule has 2 atom stereocenters. The molecule has 1 fully saturated rings. The average Bonchev–Trinajstić information content (AvgIpc) is 3.11. The molecule has 35 heavy (non-hydrogen) atoms. The second kappa shape index (κ2) is 10.2. The number of aromatic nitrogens is 2. The number of benzene rings is 2. The number of carbonyl (C=O) groups excluding carboxylic acids is 1. The Morgan fingerprint density at radius 2 is 1.63 bits per heavy atom. The lowest BCUT2D eigenvalue weighted by Crippen LogP contribution is -2.47. The van der Waals surface area contributed by atoms with Crippen molar-refractivity contribution in [3.63, 3.8) is 0 Å². The third kappa shape index (κ3) is 5.26. The largest absolute Gasteiger partial charge is 0.376 e. The normalized spacial score (nSPS) is 18.9. The van der Waals surface area contributed by atoms with Crippen LogP contribution in [0.5, 0.6) is 0 Å². The summed E-state index contributed by atoms with van der Waals surface area (Å²) in [7, 11) is -3.56. The van der Waals surface area contributed by atoms with Crippen molar-refractivity contribution in [2.45, 2.75) is 63.9 Å². The van der Waals surface area contributed by atoms with Crippen molar-refractivity contribution in [3.05, 3.63) is 66.0 Å². The number of anilines is 2. The Kier molecular flexibility index (Phi) is 7.28. The topological polar surface area (TPSA) is 96.3 Å². The fraction of sp³-hybridized carbons (Fsp3) is 0.385. The highest BCUT2D eigenvalue weighted by Gasteiger charge is 2.35. The molecule has 0 radical (unpaired) electrons. The van der Waals surface area contributed by atoms with Gasteiger partial charge >= 0.3 is 0 Å². The minimum atomic E-state index is -3.56. The quantitative estimate of drug-likeness (QED) is 0.503. The smallest absolute Gasteiger partial charge is 0.243 e. The van der Waals surface area contributed by atoms with Gasteiger partial charge in [-0.15, -0.1) is 0 Å². The third-order valence-electron chi connectivity index (χ3n) is 6.55. The number of hydrogen-bond donors (Lipinski definition) is 2. The zero-order chi connectivity index (χ0) is 25.2. The summed E-state index contributed by atoms with van der Waals surface area (Å²) >= 11 is 0. The van der Waals surface area contributed by atoms with Gasteiger partial charge in [-0.2, -0.15) is 9.40 Å². The van der Waals surface area contributed by atoms with Crippen LogP contribution in [0.2, 0.25) is 0 Å². The molecular formula is C26H33N5O3S. The van der Waals surface area contributed by atoms with Gasteiger partial charge in [-0.1, -0.05) is 24.6 Å². The summed E-state index contributed by atoms with van der Waals surface area (Å²) in [6.07, 6.45) is 2.80. The zero-order valence-corrected chi connectivity index (χ0v) is 21.5. The van der Waals surface area contributed by atoms with Gasteiger partial charge in [0.05, 0.1) is 34.2 Å². The molecule has 1 aliphatic rings. The first-order valence-corrected chi connectivity index (χ1v) is 13.4. The lowest BCUT2D eigenvalue weighted by molar-refractivity contribution is -0.114. The Labute approximate surface area is 207 Å². The van der Waals surface area contributed by atoms with E-state index in [-0.39, 0.29) is 29.4 Å². The highest BCUT2D eigenvalue weighted by Crippen LogP contribution is 2.30. The van der Waals surface area contributed by atoms with Gasteiger partial charge in [0.1, 0.15) is 0 Å². The summed E-state index contributed by atoms with van der Waals surface area (Å²) in [5.74, 6) is -0.212. The molecule has 9 heteroatoms. The van der Waals surface area contributed by atoms with E-state index in [0.717, 1.165) is 36.3 Å². The Morgan fingerprint density at radius 1 is 1.00 bits per heavy atom. The Bertz CT molecular complexity index is 1280. The summed E-state index contributed by atoms with van der Waals surface area (Å²) in [5.41, 5.74) is 3.86. The second-order valence-electron chi connectivity index (χ2n) is 9.18. The maximum absolute atomic E-state index is 13.2. The second-order valence-corrected chi connectivity index (χ2v) is 11.0. The number of carbonyl (C=O) groups is 1. The van der Waals surface area contributed by atoms with Crippen molar-refractivity contribution >= 4 is 27.3 Å². The van der Waals surface area contributed by atoms with Crippen LogP contribution in [-0.4, -0.2) is 47.0 Å². The van der Waals surface area contributed by atoms with E-state index in [9.17, 15) is 13.2 Å². The van der Waals surface area contributed by atoms with Crippen LogP contribution in [0.4, 0.5) is 11.4 Å². The van der Waals surface area contributed by atoms with Gasteiger partial charge < -0.3 is 10.6 Å². The van der Waals surface area contributed by atoms with E-state index in [0.29, 0.717) is 11.4 Å². The average molecular weight is 496 g/mol. The van der Waals surface area contributed by atoms with E-state index >= 15 is 0 Å². The van der Waals surface area contributed by atoms with E-state index in [4.69, 9.17) is 0 Å². The van der Waals surface area contributed by atoms with Crippen molar-refractivity contribution in [2.24, 2.45) is 0 Å². The highest BCUT2D eigenvalue weighted by molar-refractivity contribution is 7.89. The number of piperidine rings is 1. The Hall–Kier alpha value is -3.17. The predicted octanol–water partition coefficient (Wildman–Crippen LogP) is 4.49. The van der Waals surface area contributed by atoms with E-state index in [1.807, 2.05) is 62.7 Å². The molecule has 0 aliphatic carbocycles. The molecule has 0 saturated carbocycles. The monoisotopic (exact) mass is 495 g/mol. The maximum atomic E-state index is 13.2. The Balaban J connectivity index is 1.39. The molecule has 2 aromatic carbocycles. The van der Waals surface area contributed by atoms with Crippen molar-refractivity contribution in [3.8, 4) is 5.69 Å². The lowest BCUT2D eigenvalue weighted by Gasteiger charge is -2.37. The first kappa shape index (κ1) is 24.9. The fourth-order valence-electron chi connectivity index (χ4n) is 4.75. The van der Waals surface area contributed by atoms with E-state index in [1.54, 1.807) is 28.6 Å². The fourth-order valence-corrected chi connectivity index (χ4v) is 6.63. The first-order valence-electron chi connectivity index (χ1n) is 12.0. The highest BCUT2D eigenvalue weighted by atomic mass is 32.2. The number of para-hydroxylation sites is 1. The molecule has 1 aromatic heterocycles. The van der Waals surface area contributed by atoms with Gasteiger partial charge in [0.25, 0.3) is 0 Å². The van der Waals surface area contributed by atoms with Crippen molar-refractivity contribution < 1.29 is 13.2 Å². The van der Waals surface area contributed by atoms with E-state index in [2.05, 4.69) is 15.7 Å². The molecule has 2 unspecified atom stereocenters. The summed E-state index contributed by atoms with van der Waals surface area (Å²) in [6, 6.07) is 16.3. The number of hydrogen-bond acceptors (Lipinski definition) is 5. The molecule has 0 spiro atoms. The van der Waals surface area contributed by atoms with Gasteiger partial charge in [0, 0.05) is 17.8 Å². The van der Waals surface area contributed by atoms with Gasteiger partial charge in [0.15, 0.2) is 0 Å². The molecule has 1 saturated heterocycles. The summed E-state index contributed by atoms with van der Waals surface area (Å²) in [6.45, 7) is 7.75. The molecule has 3 aromatic rings. The van der Waals surface area contributed by atoms with Crippen LogP contribution in [0.25, 0.3) is 5.69 Å². The number of amides is 1. The van der Waals surface area contributed by atoms with Gasteiger partial charge in [0.2, 0.25) is 15.9 Å². The number of sulfonamides is 1. The molecule has 2 N–H and O–H groups in total. The summed E-state index contributed by atoms with van der Waals surface area (Å²) in [5, 5.41) is 10.6. The van der Waals surface area contributed by atoms with Crippen LogP contribution in [0, 0.1) is 13.8 Å². The number of nitrogens with zero attached hydrogens (tertiary/aromatic N) is 3. The summed E-state index contributed by atoms with van der Waals surface area (Å²) < 4.78 is 29.8. The first-order chi connectivity index (χ1) is 16.7. The minimum absolute atomic E-state index is 0.0107. The van der Waals surface area contributed by atoms with E-state index < -0.39 is 10.0 Å². The van der Waals surface area contributed by atoms with E-state index in [1.165, 1.54) is 0 Å². The van der Waals surface area contributed by atoms with Crippen LogP contribution in [-0.2, 0) is 14.8 Å². The molecule has 4 rings (SSSR count). The van der Waals surface area contributed by atoms with Crippen molar-refractivity contribution in [2.75, 3.05) is 17.2 Å². The van der Waals surface area contributed by atoms with Crippen LogP contribution in [0.1, 0.15) is 44.5 Å². The van der Waals surface area contributed by atoms with Crippen LogP contribution in [0.15, 0.2) is 59.5 Å². The molecule has 2 heterocycles. The Morgan fingerprint density at radius 3 is 2.26 bits per heavy atom. The third-order valence-corrected chi connectivity index (χ3v) is 8.69. The zero-order valence-electron chi connectivity index (χ0n) is 20.7. The van der Waals surface area contributed by atoms with Crippen LogP contribution >= 0.6 is 0 Å². The number of rotatable bonds is 7. The maximum Gasteiger partial charge on any atom is 0.243 e. The number of nitrogens with one attached hydrogen (secondary N) is 2. The lowest BCUT2D eigenvalue weighted by atomic mass is 10.0. The van der Waals surface area contributed by atoms with Gasteiger partial charge in [-0.25, -0.2) is 13.1 Å². The standard InChI is InChI=1S/C26H33N5O3S/c1-18-9-8-10-19(2)31(18)35(33,34)24-15-13-22(14-16-24)27-17-25(32)28-26-20(3)29-30(21(26)4)23-11-6-5-7-12-23/h5-7,11-16,18-19,27H,8-10,17H2,1-4H3,(H,28,32).